The Morgan fingerprint density at radius 2 is 1.42 bits per heavy atom. The van der Waals surface area contributed by atoms with E-state index < -0.39 is 29.9 Å². The molecule has 7 heteroatoms. The second-order valence-electron chi connectivity index (χ2n) is 7.17. The third-order valence-corrected chi connectivity index (χ3v) is 5.62. The van der Waals surface area contributed by atoms with Crippen LogP contribution in [-0.2, 0) is 21.7 Å². The lowest BCUT2D eigenvalue weighted by molar-refractivity contribution is -0.134. The maximum Gasteiger partial charge on any atom is 0.326 e. The predicted molar refractivity (Wildman–Crippen MR) is 117 cm³/mol. The monoisotopic (exact) mass is 433 g/mol. The van der Waals surface area contributed by atoms with Gasteiger partial charge in [-0.05, 0) is 22.8 Å². The molecule has 156 valence electrons. The van der Waals surface area contributed by atoms with E-state index in [4.69, 9.17) is 11.6 Å². The number of carbonyl (C=O) groups is 3. The van der Waals surface area contributed by atoms with E-state index in [-0.39, 0.29) is 6.54 Å². The Kier molecular flexibility index (Phi) is 5.73. The molecule has 1 heterocycles. The molecule has 0 atom stereocenters. The van der Waals surface area contributed by atoms with Crippen LogP contribution < -0.4 is 10.6 Å². The van der Waals surface area contributed by atoms with Gasteiger partial charge in [0.05, 0.1) is 0 Å². The van der Waals surface area contributed by atoms with E-state index in [1.165, 1.54) is 0 Å². The fourth-order valence-electron chi connectivity index (χ4n) is 3.69. The van der Waals surface area contributed by atoms with Crippen molar-refractivity contribution in [2.75, 3.05) is 6.54 Å². The lowest BCUT2D eigenvalue weighted by atomic mass is 9.82. The molecule has 4 rings (SSSR count). The van der Waals surface area contributed by atoms with Gasteiger partial charge in [-0.1, -0.05) is 90.5 Å². The topological polar surface area (TPSA) is 78.5 Å². The molecular weight excluding hydrogens is 414 g/mol. The van der Waals surface area contributed by atoms with Crippen LogP contribution in [0.25, 0.3) is 0 Å². The summed E-state index contributed by atoms with van der Waals surface area (Å²) in [7, 11) is 0. The van der Waals surface area contributed by atoms with Gasteiger partial charge in [0.2, 0.25) is 5.91 Å². The van der Waals surface area contributed by atoms with Gasteiger partial charge in [0.25, 0.3) is 5.91 Å². The van der Waals surface area contributed by atoms with Crippen molar-refractivity contribution in [2.24, 2.45) is 0 Å². The van der Waals surface area contributed by atoms with Crippen LogP contribution in [0.5, 0.6) is 0 Å². The summed E-state index contributed by atoms with van der Waals surface area (Å²) in [5.74, 6) is -0.955. The number of halogens is 1. The normalized spacial score (nSPS) is 14.9. The number of hydrogen-bond acceptors (Lipinski definition) is 3. The molecule has 3 aromatic carbocycles. The molecule has 0 saturated carbocycles. The van der Waals surface area contributed by atoms with Crippen LogP contribution in [0.2, 0.25) is 5.02 Å². The molecule has 1 saturated heterocycles. The van der Waals surface area contributed by atoms with Crippen LogP contribution in [0.15, 0.2) is 84.9 Å². The highest BCUT2D eigenvalue weighted by Crippen LogP contribution is 2.35. The summed E-state index contributed by atoms with van der Waals surface area (Å²) in [5.41, 5.74) is 0.609. The number of nitrogens with zero attached hydrogens (tertiary/aromatic N) is 1. The molecule has 1 aliphatic rings. The molecular formula is C24H20ClN3O3. The SMILES string of the molecule is O=C(CN1C(=O)NC(c2ccccc2)(c2ccccc2)C1=O)NCc1ccccc1Cl. The highest BCUT2D eigenvalue weighted by atomic mass is 35.5. The maximum atomic E-state index is 13.5. The summed E-state index contributed by atoms with van der Waals surface area (Å²) < 4.78 is 0. The van der Waals surface area contributed by atoms with E-state index in [9.17, 15) is 14.4 Å². The van der Waals surface area contributed by atoms with E-state index in [1.807, 2.05) is 18.2 Å². The Morgan fingerprint density at radius 1 is 0.871 bits per heavy atom. The van der Waals surface area contributed by atoms with Crippen LogP contribution in [-0.4, -0.2) is 29.3 Å². The minimum Gasteiger partial charge on any atom is -0.350 e. The molecule has 3 aromatic rings. The number of carbonyl (C=O) groups excluding carboxylic acids is 3. The van der Waals surface area contributed by atoms with Crippen LogP contribution in [0.4, 0.5) is 4.79 Å². The summed E-state index contributed by atoms with van der Waals surface area (Å²) >= 11 is 6.12. The fourth-order valence-corrected chi connectivity index (χ4v) is 3.89. The maximum absolute atomic E-state index is 13.5. The molecule has 0 bridgehead atoms. The molecule has 1 fully saturated rings. The van der Waals surface area contributed by atoms with Gasteiger partial charge in [0.1, 0.15) is 6.54 Å². The molecule has 0 radical (unpaired) electrons. The highest BCUT2D eigenvalue weighted by Gasteiger charge is 2.53. The van der Waals surface area contributed by atoms with Crippen molar-refractivity contribution >= 4 is 29.4 Å². The Balaban J connectivity index is 1.58. The van der Waals surface area contributed by atoms with Gasteiger partial charge in [0, 0.05) is 11.6 Å². The van der Waals surface area contributed by atoms with Crippen molar-refractivity contribution in [1.29, 1.82) is 0 Å². The third kappa shape index (κ3) is 3.90. The van der Waals surface area contributed by atoms with Crippen LogP contribution in [0, 0.1) is 0 Å². The van der Waals surface area contributed by atoms with Gasteiger partial charge in [-0.2, -0.15) is 0 Å². The first-order chi connectivity index (χ1) is 15.0. The summed E-state index contributed by atoms with van der Waals surface area (Å²) in [6.07, 6.45) is 0. The minimum absolute atomic E-state index is 0.199. The summed E-state index contributed by atoms with van der Waals surface area (Å²) in [6.45, 7) is -0.193. The smallest absolute Gasteiger partial charge is 0.326 e. The Bertz CT molecular complexity index is 1080. The Morgan fingerprint density at radius 3 is 2.00 bits per heavy atom. The second-order valence-corrected chi connectivity index (χ2v) is 7.58. The Labute approximate surface area is 184 Å². The lowest BCUT2D eigenvalue weighted by Gasteiger charge is -2.28. The van der Waals surface area contributed by atoms with Crippen molar-refractivity contribution in [3.63, 3.8) is 0 Å². The van der Waals surface area contributed by atoms with Gasteiger partial charge < -0.3 is 10.6 Å². The second kappa shape index (κ2) is 8.62. The fraction of sp³-hybridized carbons (Fsp3) is 0.125. The minimum atomic E-state index is -1.39. The lowest BCUT2D eigenvalue weighted by Crippen LogP contribution is -2.46. The summed E-state index contributed by atoms with van der Waals surface area (Å²) in [5, 5.41) is 6.07. The van der Waals surface area contributed by atoms with Crippen LogP contribution >= 0.6 is 11.6 Å². The van der Waals surface area contributed by atoms with Crippen molar-refractivity contribution in [2.45, 2.75) is 12.1 Å². The van der Waals surface area contributed by atoms with Gasteiger partial charge in [-0.15, -0.1) is 0 Å². The van der Waals surface area contributed by atoms with E-state index in [2.05, 4.69) is 10.6 Å². The first-order valence-electron chi connectivity index (χ1n) is 9.77. The summed E-state index contributed by atoms with van der Waals surface area (Å²) in [4.78, 5) is 39.8. The number of rotatable bonds is 6. The average molecular weight is 434 g/mol. The molecule has 2 N–H and O–H groups in total. The van der Waals surface area contributed by atoms with E-state index in [1.54, 1.807) is 66.7 Å². The standard InChI is InChI=1S/C24H20ClN3O3/c25-20-14-8-7-9-17(20)15-26-21(29)16-28-22(30)24(27-23(28)31,18-10-3-1-4-11-18)19-12-5-2-6-13-19/h1-14H,15-16H2,(H,26,29)(H,27,31). The van der Waals surface area contributed by atoms with Crippen molar-refractivity contribution in [3.8, 4) is 0 Å². The first kappa shape index (κ1) is 20.6. The zero-order chi connectivity index (χ0) is 21.8. The zero-order valence-electron chi connectivity index (χ0n) is 16.5. The molecule has 6 nitrogen and oxygen atoms in total. The molecule has 0 unspecified atom stereocenters. The van der Waals surface area contributed by atoms with Crippen molar-refractivity contribution in [1.82, 2.24) is 15.5 Å². The number of amides is 4. The van der Waals surface area contributed by atoms with Crippen LogP contribution in [0.1, 0.15) is 16.7 Å². The molecule has 4 amide bonds. The van der Waals surface area contributed by atoms with Gasteiger partial charge >= 0.3 is 6.03 Å². The molecule has 0 spiro atoms. The third-order valence-electron chi connectivity index (χ3n) is 5.25. The molecule has 31 heavy (non-hydrogen) atoms. The van der Waals surface area contributed by atoms with Crippen molar-refractivity contribution in [3.05, 3.63) is 107 Å². The molecule has 0 aromatic heterocycles. The summed E-state index contributed by atoms with van der Waals surface area (Å²) in [6, 6.07) is 24.6. The number of imide groups is 1. The molecule has 0 aliphatic carbocycles. The first-order valence-corrected chi connectivity index (χ1v) is 10.2. The van der Waals surface area contributed by atoms with E-state index in [0.29, 0.717) is 16.1 Å². The zero-order valence-corrected chi connectivity index (χ0v) is 17.3. The average Bonchev–Trinajstić information content (AvgIpc) is 3.05. The largest absolute Gasteiger partial charge is 0.350 e. The van der Waals surface area contributed by atoms with Gasteiger partial charge in [-0.25, -0.2) is 4.79 Å². The van der Waals surface area contributed by atoms with Crippen LogP contribution in [0.3, 0.4) is 0 Å². The number of urea groups is 1. The Hall–Kier alpha value is -3.64. The number of benzene rings is 3. The quantitative estimate of drug-likeness (QED) is 0.584. The van der Waals surface area contributed by atoms with Gasteiger partial charge in [-0.3, -0.25) is 14.5 Å². The highest BCUT2D eigenvalue weighted by molar-refractivity contribution is 6.31. The van der Waals surface area contributed by atoms with E-state index in [0.717, 1.165) is 10.5 Å². The van der Waals surface area contributed by atoms with Gasteiger partial charge in [0.15, 0.2) is 5.54 Å². The van der Waals surface area contributed by atoms with Crippen molar-refractivity contribution < 1.29 is 14.4 Å². The molecule has 1 aliphatic heterocycles. The van der Waals surface area contributed by atoms with E-state index >= 15 is 0 Å². The predicted octanol–water partition coefficient (Wildman–Crippen LogP) is 3.45. The number of hydrogen-bond donors (Lipinski definition) is 2. The number of nitrogens with one attached hydrogen (secondary N) is 2.